The minimum atomic E-state index is -1.86. The van der Waals surface area contributed by atoms with Crippen molar-refractivity contribution in [3.63, 3.8) is 0 Å². The van der Waals surface area contributed by atoms with E-state index in [1.54, 1.807) is 0 Å². The van der Waals surface area contributed by atoms with E-state index in [0.717, 1.165) is 0 Å². The van der Waals surface area contributed by atoms with Crippen molar-refractivity contribution in [2.24, 2.45) is 5.73 Å². The second kappa shape index (κ2) is 11.6. The van der Waals surface area contributed by atoms with Crippen molar-refractivity contribution in [1.82, 2.24) is 0 Å². The van der Waals surface area contributed by atoms with Gasteiger partial charge in [-0.25, -0.2) is 0 Å². The van der Waals surface area contributed by atoms with Crippen molar-refractivity contribution in [2.75, 3.05) is 19.8 Å². The highest BCUT2D eigenvalue weighted by molar-refractivity contribution is 4.96. The molecule has 16 heteroatoms. The summed E-state index contributed by atoms with van der Waals surface area (Å²) >= 11 is 0. The van der Waals surface area contributed by atoms with Crippen LogP contribution in [0.4, 0.5) is 0 Å². The molecule has 3 rings (SSSR count). The lowest BCUT2D eigenvalue weighted by Gasteiger charge is -2.48. The Morgan fingerprint density at radius 3 is 1.59 bits per heavy atom. The van der Waals surface area contributed by atoms with E-state index in [4.69, 9.17) is 29.4 Å². The minimum Gasteiger partial charge on any atom is -0.394 e. The molecule has 0 aromatic rings. The van der Waals surface area contributed by atoms with E-state index in [-0.39, 0.29) is 0 Å². The van der Waals surface area contributed by atoms with E-state index >= 15 is 0 Å². The van der Waals surface area contributed by atoms with Gasteiger partial charge in [-0.05, 0) is 0 Å². The summed E-state index contributed by atoms with van der Waals surface area (Å²) < 4.78 is 26.7. The lowest BCUT2D eigenvalue weighted by Crippen LogP contribution is -2.67. The average Bonchev–Trinajstić information content (AvgIpc) is 2.83. The molecule has 0 bridgehead atoms. The Hall–Kier alpha value is -0.640. The Morgan fingerprint density at radius 1 is 0.529 bits per heavy atom. The van der Waals surface area contributed by atoms with Crippen LogP contribution in [0.25, 0.3) is 0 Å². The first-order chi connectivity index (χ1) is 16.0. The lowest BCUT2D eigenvalue weighted by atomic mass is 9.95. The summed E-state index contributed by atoms with van der Waals surface area (Å²) in [5.41, 5.74) is 5.66. The van der Waals surface area contributed by atoms with Gasteiger partial charge in [0.05, 0.1) is 25.9 Å². The molecule has 3 aliphatic heterocycles. The van der Waals surface area contributed by atoms with Crippen LogP contribution < -0.4 is 5.73 Å². The topological polar surface area (TPSA) is 274 Å². The van der Waals surface area contributed by atoms with Crippen LogP contribution in [0.15, 0.2) is 0 Å². The predicted molar refractivity (Wildman–Crippen MR) is 103 cm³/mol. The second-order valence-electron chi connectivity index (χ2n) is 8.42. The van der Waals surface area contributed by atoms with E-state index in [2.05, 4.69) is 0 Å². The summed E-state index contributed by atoms with van der Waals surface area (Å²) in [5.74, 6) is 0. The van der Waals surface area contributed by atoms with Crippen LogP contribution in [0, 0.1) is 0 Å². The number of rotatable bonds is 7. The fourth-order valence-electron chi connectivity index (χ4n) is 4.09. The first kappa shape index (κ1) is 27.9. The third-order valence-electron chi connectivity index (χ3n) is 6.17. The molecule has 12 N–H and O–H groups in total. The molecule has 15 atom stereocenters. The molecular formula is C18H33NO15. The van der Waals surface area contributed by atoms with Crippen molar-refractivity contribution in [3.8, 4) is 0 Å². The zero-order valence-corrected chi connectivity index (χ0v) is 17.9. The van der Waals surface area contributed by atoms with Crippen molar-refractivity contribution < 1.29 is 74.7 Å². The number of ether oxygens (including phenoxy) is 5. The Kier molecular flexibility index (Phi) is 9.54. The van der Waals surface area contributed by atoms with Crippen LogP contribution in [0.5, 0.6) is 0 Å². The van der Waals surface area contributed by atoms with Gasteiger partial charge in [-0.1, -0.05) is 0 Å². The molecule has 0 aromatic heterocycles. The molecule has 3 heterocycles. The van der Waals surface area contributed by atoms with E-state index in [1.165, 1.54) is 0 Å². The van der Waals surface area contributed by atoms with Crippen molar-refractivity contribution in [2.45, 2.75) is 92.1 Å². The highest BCUT2D eigenvalue weighted by atomic mass is 16.7. The third kappa shape index (κ3) is 5.37. The number of nitrogens with two attached hydrogens (primary N) is 1. The van der Waals surface area contributed by atoms with E-state index in [0.29, 0.717) is 0 Å². The fourth-order valence-corrected chi connectivity index (χ4v) is 4.09. The van der Waals surface area contributed by atoms with Crippen LogP contribution >= 0.6 is 0 Å². The summed E-state index contributed by atoms with van der Waals surface area (Å²) in [6, 6.07) is -1.34. The summed E-state index contributed by atoms with van der Waals surface area (Å²) in [5, 5.41) is 99.9. The van der Waals surface area contributed by atoms with Crippen LogP contribution in [0.3, 0.4) is 0 Å². The molecule has 3 saturated heterocycles. The van der Waals surface area contributed by atoms with Gasteiger partial charge in [0.15, 0.2) is 18.9 Å². The fraction of sp³-hybridized carbons (Fsp3) is 1.00. The van der Waals surface area contributed by atoms with Gasteiger partial charge in [-0.15, -0.1) is 0 Å². The van der Waals surface area contributed by atoms with Gasteiger partial charge in [0, 0.05) is 0 Å². The molecule has 0 aliphatic carbocycles. The Morgan fingerprint density at radius 2 is 1.03 bits per heavy atom. The molecule has 34 heavy (non-hydrogen) atoms. The highest BCUT2D eigenvalue weighted by Crippen LogP contribution is 2.32. The summed E-state index contributed by atoms with van der Waals surface area (Å²) in [6.45, 7) is -2.25. The maximum atomic E-state index is 10.8. The normalized spacial score (nSPS) is 52.5. The molecule has 1 unspecified atom stereocenters. The van der Waals surface area contributed by atoms with Gasteiger partial charge in [0.2, 0.25) is 0 Å². The van der Waals surface area contributed by atoms with Crippen molar-refractivity contribution in [3.05, 3.63) is 0 Å². The van der Waals surface area contributed by atoms with Crippen LogP contribution in [0.1, 0.15) is 0 Å². The van der Waals surface area contributed by atoms with E-state index in [1.807, 2.05) is 0 Å². The number of aliphatic hydroxyl groups is 10. The average molecular weight is 503 g/mol. The van der Waals surface area contributed by atoms with Crippen molar-refractivity contribution in [1.29, 1.82) is 0 Å². The Balaban J connectivity index is 1.78. The zero-order valence-electron chi connectivity index (χ0n) is 17.9. The van der Waals surface area contributed by atoms with Gasteiger partial charge in [0.1, 0.15) is 67.1 Å². The molecule has 200 valence electrons. The number of hydrogen-bond acceptors (Lipinski definition) is 16. The Labute approximate surface area is 193 Å². The monoisotopic (exact) mass is 503 g/mol. The van der Waals surface area contributed by atoms with E-state index in [9.17, 15) is 51.1 Å². The third-order valence-corrected chi connectivity index (χ3v) is 6.17. The largest absolute Gasteiger partial charge is 0.394 e. The summed E-state index contributed by atoms with van der Waals surface area (Å²) in [7, 11) is 0. The molecule has 3 aliphatic rings. The van der Waals surface area contributed by atoms with Crippen LogP contribution in [0.2, 0.25) is 0 Å². The molecule has 0 aromatic carbocycles. The second-order valence-corrected chi connectivity index (χ2v) is 8.42. The quantitative estimate of drug-likeness (QED) is 0.154. The molecule has 0 spiro atoms. The van der Waals surface area contributed by atoms with Gasteiger partial charge in [-0.3, -0.25) is 0 Å². The molecule has 0 saturated carbocycles. The molecule has 0 radical (unpaired) electrons. The highest BCUT2D eigenvalue weighted by Gasteiger charge is 2.53. The molecular weight excluding hydrogens is 470 g/mol. The number of aliphatic hydroxyl groups excluding tert-OH is 10. The van der Waals surface area contributed by atoms with Crippen molar-refractivity contribution >= 4 is 0 Å². The predicted octanol–water partition coefficient (Wildman–Crippen LogP) is -7.61. The van der Waals surface area contributed by atoms with Crippen LogP contribution in [-0.2, 0) is 23.7 Å². The van der Waals surface area contributed by atoms with Gasteiger partial charge in [-0.2, -0.15) is 0 Å². The summed E-state index contributed by atoms with van der Waals surface area (Å²) in [6.07, 6.45) is -22.7. The Bertz CT molecular complexity index is 642. The van der Waals surface area contributed by atoms with Gasteiger partial charge < -0.3 is 80.5 Å². The van der Waals surface area contributed by atoms with Crippen LogP contribution in [-0.4, -0.2) is 163 Å². The maximum Gasteiger partial charge on any atom is 0.187 e. The van der Waals surface area contributed by atoms with E-state index < -0.39 is 112 Å². The molecule has 16 nitrogen and oxygen atoms in total. The molecule has 3 fully saturated rings. The zero-order chi connectivity index (χ0) is 25.3. The van der Waals surface area contributed by atoms with Gasteiger partial charge >= 0.3 is 0 Å². The smallest absolute Gasteiger partial charge is 0.187 e. The first-order valence-electron chi connectivity index (χ1n) is 10.7. The SMILES string of the molecule is N[C@H]1C(O)O[C@H](CO)[C@@H](O[C@H]2O[C@H](CO)[C@@H](O)[C@H](O[C@H]3O[C@H](CO)[C@H](O)[C@H](O)[C@H]3O)[C@@H]2O)[C@@H]1O. The minimum absolute atomic E-state index is 0.717. The summed E-state index contributed by atoms with van der Waals surface area (Å²) in [4.78, 5) is 0. The first-order valence-corrected chi connectivity index (χ1v) is 10.7. The number of hydrogen-bond donors (Lipinski definition) is 11. The van der Waals surface area contributed by atoms with Gasteiger partial charge in [0.25, 0.3) is 0 Å². The maximum absolute atomic E-state index is 10.8. The molecule has 0 amide bonds. The standard InChI is InChI=1S/C18H33NO15/c19-7-10(25)14(6(3-22)30-16(7)29)33-18-13(28)15(9(24)5(2-21)32-18)34-17-12(27)11(26)8(23)4(1-20)31-17/h4-18,20-29H,1-3,19H2/t4-,5-,6-,7-,8+,9-,10-,11+,12-,13+,14-,15+,16?,17-,18-/m1/s1. The lowest BCUT2D eigenvalue weighted by molar-refractivity contribution is -0.374.